The highest BCUT2D eigenvalue weighted by atomic mass is 16.3. The number of aliphatic hydroxyl groups is 1. The molecule has 1 unspecified atom stereocenters. The van der Waals surface area contributed by atoms with Crippen LogP contribution in [0.4, 0.5) is 0 Å². The molecule has 2 heteroatoms. The maximum Gasteiger partial charge on any atom is 0.0541 e. The Bertz CT molecular complexity index is 76.6. The van der Waals surface area contributed by atoms with Gasteiger partial charge in [0.05, 0.1) is 6.10 Å². The number of hydrogen-bond acceptors (Lipinski definition) is 2. The van der Waals surface area contributed by atoms with Gasteiger partial charge in [-0.1, -0.05) is 0 Å². The summed E-state index contributed by atoms with van der Waals surface area (Å²) in [5, 5.41) is 8.93. The summed E-state index contributed by atoms with van der Waals surface area (Å²) in [6, 6.07) is 0.370. The topological polar surface area (TPSA) is 46.2 Å². The molecule has 0 saturated heterocycles. The highest BCUT2D eigenvalue weighted by molar-refractivity contribution is 4.84. The van der Waals surface area contributed by atoms with Crippen molar-refractivity contribution in [1.82, 2.24) is 0 Å². The molecule has 0 spiro atoms. The van der Waals surface area contributed by atoms with E-state index in [1.165, 1.54) is 0 Å². The second kappa shape index (κ2) is 2.03. The van der Waals surface area contributed by atoms with E-state index in [0.29, 0.717) is 12.0 Å². The van der Waals surface area contributed by atoms with Crippen LogP contribution in [0.25, 0.3) is 0 Å². The third kappa shape index (κ3) is 1.01. The summed E-state index contributed by atoms with van der Waals surface area (Å²) in [5.41, 5.74) is 5.50. The molecule has 0 aromatic carbocycles. The van der Waals surface area contributed by atoms with Crippen LogP contribution >= 0.6 is 0 Å². The van der Waals surface area contributed by atoms with Gasteiger partial charge >= 0.3 is 0 Å². The van der Waals surface area contributed by atoms with E-state index >= 15 is 0 Å². The van der Waals surface area contributed by atoms with Crippen LogP contribution in [-0.4, -0.2) is 17.3 Å². The van der Waals surface area contributed by atoms with Gasteiger partial charge in [0.1, 0.15) is 0 Å². The summed E-state index contributed by atoms with van der Waals surface area (Å²) < 4.78 is 0. The van der Waals surface area contributed by atoms with Crippen molar-refractivity contribution in [1.29, 1.82) is 0 Å². The van der Waals surface area contributed by atoms with Crippen LogP contribution in [0.1, 0.15) is 19.8 Å². The average Bonchev–Trinajstić information content (AvgIpc) is 1.57. The molecule has 0 aromatic rings. The van der Waals surface area contributed by atoms with E-state index in [2.05, 4.69) is 0 Å². The first kappa shape index (κ1) is 6.05. The van der Waals surface area contributed by atoms with Gasteiger partial charge in [0.2, 0.25) is 0 Å². The molecule has 1 saturated carbocycles. The lowest BCUT2D eigenvalue weighted by atomic mass is 9.78. The van der Waals surface area contributed by atoms with Gasteiger partial charge in [-0.05, 0) is 25.7 Å². The lowest BCUT2D eigenvalue weighted by Gasteiger charge is -2.34. The SMILES string of the molecule is CC(O)C1CC(N)C1. The van der Waals surface area contributed by atoms with E-state index in [9.17, 15) is 0 Å². The fourth-order valence-corrected chi connectivity index (χ4v) is 1.10. The second-order valence-electron chi connectivity index (χ2n) is 2.73. The van der Waals surface area contributed by atoms with Crippen LogP contribution in [0.3, 0.4) is 0 Å². The molecule has 1 rings (SSSR count). The van der Waals surface area contributed by atoms with Gasteiger partial charge in [0.15, 0.2) is 0 Å². The smallest absolute Gasteiger partial charge is 0.0541 e. The number of rotatable bonds is 1. The third-order valence-electron chi connectivity index (χ3n) is 1.89. The summed E-state index contributed by atoms with van der Waals surface area (Å²) in [6.45, 7) is 1.83. The van der Waals surface area contributed by atoms with Crippen LogP contribution in [0.15, 0.2) is 0 Å². The minimum atomic E-state index is -0.144. The molecule has 0 bridgehead atoms. The van der Waals surface area contributed by atoms with Crippen LogP contribution in [-0.2, 0) is 0 Å². The highest BCUT2D eigenvalue weighted by Gasteiger charge is 2.28. The van der Waals surface area contributed by atoms with E-state index in [-0.39, 0.29) is 6.10 Å². The first-order valence-corrected chi connectivity index (χ1v) is 3.14. The Morgan fingerprint density at radius 2 is 2.12 bits per heavy atom. The molecule has 1 aliphatic carbocycles. The minimum absolute atomic E-state index is 0.144. The number of aliphatic hydroxyl groups excluding tert-OH is 1. The minimum Gasteiger partial charge on any atom is -0.393 e. The third-order valence-corrected chi connectivity index (χ3v) is 1.89. The molecule has 8 heavy (non-hydrogen) atoms. The zero-order valence-corrected chi connectivity index (χ0v) is 5.17. The maximum absolute atomic E-state index is 8.93. The van der Waals surface area contributed by atoms with Crippen molar-refractivity contribution in [3.63, 3.8) is 0 Å². The van der Waals surface area contributed by atoms with E-state index < -0.39 is 0 Å². The lowest BCUT2D eigenvalue weighted by molar-refractivity contribution is 0.0656. The summed E-state index contributed by atoms with van der Waals surface area (Å²) in [4.78, 5) is 0. The standard InChI is InChI=1S/C6H13NO/c1-4(8)5-2-6(7)3-5/h4-6,8H,2-3,7H2,1H3. The number of hydrogen-bond donors (Lipinski definition) is 2. The molecule has 0 radical (unpaired) electrons. The first-order valence-electron chi connectivity index (χ1n) is 3.14. The van der Waals surface area contributed by atoms with Gasteiger partial charge in [-0.15, -0.1) is 0 Å². The monoisotopic (exact) mass is 115 g/mol. The second-order valence-corrected chi connectivity index (χ2v) is 2.73. The summed E-state index contributed by atoms with van der Waals surface area (Å²) in [7, 11) is 0. The molecule has 1 fully saturated rings. The van der Waals surface area contributed by atoms with Gasteiger partial charge in [-0.25, -0.2) is 0 Å². The Kier molecular flexibility index (Phi) is 1.54. The van der Waals surface area contributed by atoms with E-state index in [1.54, 1.807) is 0 Å². The molecule has 1 aliphatic rings. The molecule has 1 atom stereocenters. The van der Waals surface area contributed by atoms with Gasteiger partial charge in [0, 0.05) is 6.04 Å². The predicted molar refractivity (Wildman–Crippen MR) is 32.4 cm³/mol. The summed E-state index contributed by atoms with van der Waals surface area (Å²) >= 11 is 0. The largest absolute Gasteiger partial charge is 0.393 e. The van der Waals surface area contributed by atoms with Crippen molar-refractivity contribution in [2.24, 2.45) is 11.7 Å². The molecule has 48 valence electrons. The molecule has 0 amide bonds. The first-order chi connectivity index (χ1) is 3.70. The number of nitrogens with two attached hydrogens (primary N) is 1. The Morgan fingerprint density at radius 1 is 1.62 bits per heavy atom. The Labute approximate surface area is 49.7 Å². The van der Waals surface area contributed by atoms with Gasteiger partial charge in [-0.2, -0.15) is 0 Å². The van der Waals surface area contributed by atoms with Crippen molar-refractivity contribution < 1.29 is 5.11 Å². The van der Waals surface area contributed by atoms with Gasteiger partial charge in [-0.3, -0.25) is 0 Å². The fourth-order valence-electron chi connectivity index (χ4n) is 1.10. The molecule has 0 aromatic heterocycles. The van der Waals surface area contributed by atoms with Crippen molar-refractivity contribution in [2.75, 3.05) is 0 Å². The van der Waals surface area contributed by atoms with E-state index in [1.807, 2.05) is 6.92 Å². The molecular formula is C6H13NO. The Morgan fingerprint density at radius 3 is 2.25 bits per heavy atom. The van der Waals surface area contributed by atoms with Crippen molar-refractivity contribution in [3.05, 3.63) is 0 Å². The summed E-state index contributed by atoms with van der Waals surface area (Å²) in [6.07, 6.45) is 1.88. The highest BCUT2D eigenvalue weighted by Crippen LogP contribution is 2.28. The maximum atomic E-state index is 8.93. The fraction of sp³-hybridized carbons (Fsp3) is 1.00. The average molecular weight is 115 g/mol. The zero-order valence-electron chi connectivity index (χ0n) is 5.17. The molecular weight excluding hydrogens is 102 g/mol. The Balaban J connectivity index is 2.15. The van der Waals surface area contributed by atoms with Crippen LogP contribution in [0.5, 0.6) is 0 Å². The predicted octanol–water partition coefficient (Wildman–Crippen LogP) is 0.104. The molecule has 0 aliphatic heterocycles. The van der Waals surface area contributed by atoms with Crippen molar-refractivity contribution in [2.45, 2.75) is 31.9 Å². The van der Waals surface area contributed by atoms with Crippen LogP contribution in [0, 0.1) is 5.92 Å². The normalized spacial score (nSPS) is 40.9. The van der Waals surface area contributed by atoms with Crippen molar-refractivity contribution >= 4 is 0 Å². The van der Waals surface area contributed by atoms with E-state index in [4.69, 9.17) is 10.8 Å². The van der Waals surface area contributed by atoms with Gasteiger partial charge in [0.25, 0.3) is 0 Å². The molecule has 3 N–H and O–H groups in total. The van der Waals surface area contributed by atoms with Crippen LogP contribution in [0.2, 0.25) is 0 Å². The Hall–Kier alpha value is -0.0800. The molecule has 2 nitrogen and oxygen atoms in total. The van der Waals surface area contributed by atoms with E-state index in [0.717, 1.165) is 12.8 Å². The molecule has 0 heterocycles. The lowest BCUT2D eigenvalue weighted by Crippen LogP contribution is -2.41. The quantitative estimate of drug-likeness (QED) is 0.509. The van der Waals surface area contributed by atoms with Crippen LogP contribution < -0.4 is 5.73 Å². The van der Waals surface area contributed by atoms with Gasteiger partial charge < -0.3 is 10.8 Å². The van der Waals surface area contributed by atoms with Crippen molar-refractivity contribution in [3.8, 4) is 0 Å². The zero-order chi connectivity index (χ0) is 6.15. The summed E-state index contributed by atoms with van der Waals surface area (Å²) in [5.74, 6) is 0.491.